The molecule has 0 aliphatic carbocycles. The number of ether oxygens (including phenoxy) is 2. The summed E-state index contributed by atoms with van der Waals surface area (Å²) in [4.78, 5) is 16.2. The lowest BCUT2D eigenvalue weighted by atomic mass is 10.2. The van der Waals surface area contributed by atoms with Crippen molar-refractivity contribution in [1.29, 1.82) is 0 Å². The van der Waals surface area contributed by atoms with E-state index in [1.807, 2.05) is 30.3 Å². The highest BCUT2D eigenvalue weighted by atomic mass is 16.5. The van der Waals surface area contributed by atoms with Crippen molar-refractivity contribution >= 4 is 5.97 Å². The van der Waals surface area contributed by atoms with Crippen LogP contribution in [-0.2, 0) is 9.53 Å². The van der Waals surface area contributed by atoms with E-state index in [1.54, 1.807) is 0 Å². The van der Waals surface area contributed by atoms with Crippen LogP contribution in [0, 0.1) is 0 Å². The van der Waals surface area contributed by atoms with Gasteiger partial charge in [-0.1, -0.05) is 18.2 Å². The Morgan fingerprint density at radius 3 is 2.57 bits per heavy atom. The van der Waals surface area contributed by atoms with Gasteiger partial charge in [0, 0.05) is 39.1 Å². The van der Waals surface area contributed by atoms with Gasteiger partial charge in [0.25, 0.3) is 0 Å². The number of benzene rings is 1. The van der Waals surface area contributed by atoms with E-state index >= 15 is 0 Å². The second kappa shape index (κ2) is 6.91. The predicted molar refractivity (Wildman–Crippen MR) is 79.3 cm³/mol. The van der Waals surface area contributed by atoms with Crippen molar-refractivity contribution in [1.82, 2.24) is 9.80 Å². The summed E-state index contributed by atoms with van der Waals surface area (Å²) in [6, 6.07) is 9.89. The van der Waals surface area contributed by atoms with Gasteiger partial charge in [-0.3, -0.25) is 14.6 Å². The van der Waals surface area contributed by atoms with E-state index in [0.717, 1.165) is 44.9 Å². The fourth-order valence-electron chi connectivity index (χ4n) is 2.92. The van der Waals surface area contributed by atoms with Crippen molar-refractivity contribution in [2.75, 3.05) is 45.9 Å². The Labute approximate surface area is 125 Å². The number of nitrogens with zero attached hydrogens (tertiary/aromatic N) is 2. The van der Waals surface area contributed by atoms with Crippen molar-refractivity contribution in [2.45, 2.75) is 12.5 Å². The number of piperazine rings is 1. The molecule has 2 saturated heterocycles. The smallest absolute Gasteiger partial charge is 0.323 e. The van der Waals surface area contributed by atoms with Gasteiger partial charge in [-0.2, -0.15) is 0 Å². The molecule has 5 nitrogen and oxygen atoms in total. The number of hydrogen-bond donors (Lipinski definition) is 0. The zero-order valence-electron chi connectivity index (χ0n) is 12.2. The Balaban J connectivity index is 1.37. The molecule has 0 aromatic heterocycles. The number of cyclic esters (lactones) is 1. The molecule has 21 heavy (non-hydrogen) atoms. The third-order valence-corrected chi connectivity index (χ3v) is 4.17. The van der Waals surface area contributed by atoms with E-state index in [4.69, 9.17) is 9.47 Å². The number of rotatable bonds is 5. The van der Waals surface area contributed by atoms with Crippen LogP contribution in [0.4, 0.5) is 0 Å². The normalized spacial score (nSPS) is 24.0. The largest absolute Gasteiger partial charge is 0.492 e. The molecular formula is C16H22N2O3. The molecule has 1 aromatic rings. The first-order chi connectivity index (χ1) is 10.3. The van der Waals surface area contributed by atoms with Crippen LogP contribution in [0.5, 0.6) is 5.75 Å². The van der Waals surface area contributed by atoms with Gasteiger partial charge in [-0.25, -0.2) is 0 Å². The summed E-state index contributed by atoms with van der Waals surface area (Å²) < 4.78 is 10.8. The maximum Gasteiger partial charge on any atom is 0.323 e. The Morgan fingerprint density at radius 2 is 1.90 bits per heavy atom. The molecule has 0 unspecified atom stereocenters. The van der Waals surface area contributed by atoms with Gasteiger partial charge < -0.3 is 9.47 Å². The Hall–Kier alpha value is -1.59. The van der Waals surface area contributed by atoms with E-state index in [2.05, 4.69) is 9.80 Å². The molecule has 2 heterocycles. The average Bonchev–Trinajstić information content (AvgIpc) is 2.95. The minimum absolute atomic E-state index is 0.00674. The molecule has 0 saturated carbocycles. The monoisotopic (exact) mass is 290 g/mol. The summed E-state index contributed by atoms with van der Waals surface area (Å²) in [5, 5.41) is 0. The first-order valence-corrected chi connectivity index (χ1v) is 7.64. The highest BCUT2D eigenvalue weighted by Gasteiger charge is 2.33. The first-order valence-electron chi connectivity index (χ1n) is 7.64. The number of hydrogen-bond acceptors (Lipinski definition) is 5. The van der Waals surface area contributed by atoms with Crippen LogP contribution in [0.1, 0.15) is 6.42 Å². The lowest BCUT2D eigenvalue weighted by Crippen LogP contribution is -2.52. The van der Waals surface area contributed by atoms with Crippen LogP contribution in [0.15, 0.2) is 30.3 Å². The number of carbonyl (C=O) groups excluding carboxylic acids is 1. The Kier molecular flexibility index (Phi) is 4.72. The number of esters is 1. The lowest BCUT2D eigenvalue weighted by Gasteiger charge is -2.36. The van der Waals surface area contributed by atoms with Crippen LogP contribution in [-0.4, -0.2) is 67.7 Å². The van der Waals surface area contributed by atoms with Gasteiger partial charge in [-0.15, -0.1) is 0 Å². The van der Waals surface area contributed by atoms with Gasteiger partial charge in [0.2, 0.25) is 0 Å². The zero-order valence-corrected chi connectivity index (χ0v) is 12.2. The molecule has 0 radical (unpaired) electrons. The fraction of sp³-hybridized carbons (Fsp3) is 0.562. The maximum atomic E-state index is 11.6. The molecule has 2 aliphatic heterocycles. The highest BCUT2D eigenvalue weighted by molar-refractivity contribution is 5.77. The molecule has 1 atom stereocenters. The lowest BCUT2D eigenvalue weighted by molar-refractivity contribution is -0.142. The molecule has 114 valence electrons. The van der Waals surface area contributed by atoms with Crippen LogP contribution in [0.2, 0.25) is 0 Å². The molecular weight excluding hydrogens is 268 g/mol. The van der Waals surface area contributed by atoms with E-state index in [0.29, 0.717) is 13.2 Å². The standard InChI is InChI=1S/C16H22N2O3/c19-16-15(6-12-21-16)18-9-7-17(8-10-18)11-13-20-14-4-2-1-3-5-14/h1-5,15H,6-13H2/t15-/m1/s1. The van der Waals surface area contributed by atoms with Crippen molar-refractivity contribution < 1.29 is 14.3 Å². The minimum Gasteiger partial charge on any atom is -0.492 e. The van der Waals surface area contributed by atoms with Crippen molar-refractivity contribution in [3.8, 4) is 5.75 Å². The van der Waals surface area contributed by atoms with Crippen LogP contribution in [0.25, 0.3) is 0 Å². The van der Waals surface area contributed by atoms with Gasteiger partial charge >= 0.3 is 5.97 Å². The van der Waals surface area contributed by atoms with Crippen molar-refractivity contribution in [2.24, 2.45) is 0 Å². The van der Waals surface area contributed by atoms with E-state index in [9.17, 15) is 4.79 Å². The molecule has 0 bridgehead atoms. The Bertz CT molecular complexity index is 458. The van der Waals surface area contributed by atoms with E-state index in [1.165, 1.54) is 0 Å². The average molecular weight is 290 g/mol. The summed E-state index contributed by atoms with van der Waals surface area (Å²) in [6.45, 7) is 6.06. The second-order valence-corrected chi connectivity index (χ2v) is 5.51. The third kappa shape index (κ3) is 3.74. The number of para-hydroxylation sites is 1. The predicted octanol–water partition coefficient (Wildman–Crippen LogP) is 0.998. The van der Waals surface area contributed by atoms with Crippen molar-refractivity contribution in [3.63, 3.8) is 0 Å². The Morgan fingerprint density at radius 1 is 1.14 bits per heavy atom. The summed E-state index contributed by atoms with van der Waals surface area (Å²) in [5.41, 5.74) is 0. The zero-order chi connectivity index (χ0) is 14.5. The molecule has 3 rings (SSSR count). The maximum absolute atomic E-state index is 11.6. The quantitative estimate of drug-likeness (QED) is 0.757. The molecule has 0 N–H and O–H groups in total. The van der Waals surface area contributed by atoms with Crippen LogP contribution in [0.3, 0.4) is 0 Å². The van der Waals surface area contributed by atoms with Gasteiger partial charge in [0.05, 0.1) is 6.61 Å². The van der Waals surface area contributed by atoms with Gasteiger partial charge in [0.1, 0.15) is 18.4 Å². The summed E-state index contributed by atoms with van der Waals surface area (Å²) in [5.74, 6) is 0.876. The summed E-state index contributed by atoms with van der Waals surface area (Å²) in [7, 11) is 0. The van der Waals surface area contributed by atoms with E-state index in [-0.39, 0.29) is 12.0 Å². The first kappa shape index (κ1) is 14.4. The van der Waals surface area contributed by atoms with Crippen LogP contribution < -0.4 is 4.74 Å². The van der Waals surface area contributed by atoms with Gasteiger partial charge in [-0.05, 0) is 12.1 Å². The molecule has 1 aromatic carbocycles. The van der Waals surface area contributed by atoms with E-state index < -0.39 is 0 Å². The number of carbonyl (C=O) groups is 1. The van der Waals surface area contributed by atoms with Crippen LogP contribution >= 0.6 is 0 Å². The molecule has 5 heteroatoms. The summed E-state index contributed by atoms with van der Waals surface area (Å²) in [6.07, 6.45) is 0.843. The summed E-state index contributed by atoms with van der Waals surface area (Å²) >= 11 is 0. The minimum atomic E-state index is -0.0455. The SMILES string of the molecule is O=C1OCC[C@H]1N1CCN(CCOc2ccccc2)CC1. The fourth-order valence-corrected chi connectivity index (χ4v) is 2.92. The second-order valence-electron chi connectivity index (χ2n) is 5.51. The third-order valence-electron chi connectivity index (χ3n) is 4.17. The topological polar surface area (TPSA) is 42.0 Å². The molecule has 0 amide bonds. The molecule has 0 spiro atoms. The van der Waals surface area contributed by atoms with Gasteiger partial charge in [0.15, 0.2) is 0 Å². The molecule has 2 fully saturated rings. The highest BCUT2D eigenvalue weighted by Crippen LogP contribution is 2.16. The van der Waals surface area contributed by atoms with Crippen molar-refractivity contribution in [3.05, 3.63) is 30.3 Å². The molecule has 2 aliphatic rings.